The first-order chi connectivity index (χ1) is 9.73. The van der Waals surface area contributed by atoms with E-state index in [2.05, 4.69) is 5.32 Å². The summed E-state index contributed by atoms with van der Waals surface area (Å²) in [4.78, 5) is 12.1. The summed E-state index contributed by atoms with van der Waals surface area (Å²) < 4.78 is 5.42. The molecule has 1 aromatic rings. The molecule has 0 aliphatic rings. The van der Waals surface area contributed by atoms with Gasteiger partial charge in [-0.3, -0.25) is 0 Å². The number of nitrogens with one attached hydrogen (secondary N) is 1. The van der Waals surface area contributed by atoms with Crippen molar-refractivity contribution in [1.82, 2.24) is 5.32 Å². The molecule has 0 spiro atoms. The summed E-state index contributed by atoms with van der Waals surface area (Å²) in [6, 6.07) is 7.59. The fraction of sp³-hybridized carbons (Fsp3) is 0.471. The smallest absolute Gasteiger partial charge is 0.335 e. The third-order valence-electron chi connectivity index (χ3n) is 3.00. The number of benzene rings is 1. The first-order valence-electron chi connectivity index (χ1n) is 7.20. The molecule has 3 N–H and O–H groups in total. The molecule has 21 heavy (non-hydrogen) atoms. The van der Waals surface area contributed by atoms with E-state index in [4.69, 9.17) is 10.5 Å². The average Bonchev–Trinajstić information content (AvgIpc) is 2.36. The van der Waals surface area contributed by atoms with Crippen LogP contribution in [0.15, 0.2) is 35.9 Å². The Morgan fingerprint density at radius 2 is 1.90 bits per heavy atom. The second-order valence-corrected chi connectivity index (χ2v) is 6.09. The van der Waals surface area contributed by atoms with E-state index < -0.39 is 5.60 Å². The lowest BCUT2D eigenvalue weighted by molar-refractivity contribution is -0.150. The van der Waals surface area contributed by atoms with Gasteiger partial charge >= 0.3 is 5.97 Å². The van der Waals surface area contributed by atoms with Crippen molar-refractivity contribution in [3.8, 4) is 0 Å². The molecule has 4 heteroatoms. The van der Waals surface area contributed by atoms with Gasteiger partial charge in [-0.2, -0.15) is 0 Å². The van der Waals surface area contributed by atoms with Crippen molar-refractivity contribution in [3.63, 3.8) is 0 Å². The van der Waals surface area contributed by atoms with Gasteiger partial charge in [0.25, 0.3) is 0 Å². The number of rotatable bonds is 5. The van der Waals surface area contributed by atoms with Crippen LogP contribution < -0.4 is 11.1 Å². The Balaban J connectivity index is 2.61. The van der Waals surface area contributed by atoms with Crippen molar-refractivity contribution in [1.29, 1.82) is 0 Å². The van der Waals surface area contributed by atoms with Crippen LogP contribution in [-0.4, -0.2) is 17.6 Å². The first-order valence-corrected chi connectivity index (χ1v) is 7.20. The number of nitrogens with two attached hydrogens (primary N) is 1. The molecule has 0 amide bonds. The van der Waals surface area contributed by atoms with Crippen LogP contribution in [0.25, 0.3) is 0 Å². The van der Waals surface area contributed by atoms with Crippen LogP contribution in [0.3, 0.4) is 0 Å². The van der Waals surface area contributed by atoms with E-state index in [1.165, 1.54) is 0 Å². The van der Waals surface area contributed by atoms with Crippen LogP contribution in [0.4, 0.5) is 5.69 Å². The fourth-order valence-corrected chi connectivity index (χ4v) is 1.90. The highest BCUT2D eigenvalue weighted by Gasteiger charge is 2.22. The molecular weight excluding hydrogens is 264 g/mol. The number of anilines is 1. The minimum Gasteiger partial charge on any atom is -0.457 e. The molecule has 1 rings (SSSR count). The number of hydrogen-bond donors (Lipinski definition) is 2. The number of carbonyl (C=O) groups excluding carboxylic acids is 1. The topological polar surface area (TPSA) is 64.3 Å². The van der Waals surface area contributed by atoms with E-state index in [9.17, 15) is 4.79 Å². The molecule has 1 aromatic carbocycles. The van der Waals surface area contributed by atoms with Gasteiger partial charge in [-0.1, -0.05) is 18.2 Å². The number of carbonyl (C=O) groups is 1. The van der Waals surface area contributed by atoms with Crippen molar-refractivity contribution < 1.29 is 9.53 Å². The summed E-state index contributed by atoms with van der Waals surface area (Å²) in [6.07, 6.45) is 1.80. The molecular formula is C17H26N2O2. The summed E-state index contributed by atoms with van der Waals surface area (Å²) in [5.41, 5.74) is 7.68. The number of allylic oxidation sites excluding steroid dienone is 1. The Morgan fingerprint density at radius 3 is 2.38 bits per heavy atom. The minimum absolute atomic E-state index is 0.0811. The van der Waals surface area contributed by atoms with E-state index in [-0.39, 0.29) is 12.0 Å². The largest absolute Gasteiger partial charge is 0.457 e. The molecule has 0 unspecified atom stereocenters. The molecule has 0 fully saturated rings. The Hall–Kier alpha value is -1.81. The van der Waals surface area contributed by atoms with Crippen LogP contribution in [0.5, 0.6) is 0 Å². The third kappa shape index (κ3) is 6.00. The van der Waals surface area contributed by atoms with Crippen LogP contribution >= 0.6 is 0 Å². The second kappa shape index (κ2) is 7.27. The van der Waals surface area contributed by atoms with Crippen LogP contribution in [-0.2, 0) is 16.1 Å². The summed E-state index contributed by atoms with van der Waals surface area (Å²) in [6.45, 7) is 10.1. The Morgan fingerprint density at radius 1 is 1.33 bits per heavy atom. The number of hydrogen-bond acceptors (Lipinski definition) is 4. The van der Waals surface area contributed by atoms with Gasteiger partial charge in [0, 0.05) is 23.8 Å². The van der Waals surface area contributed by atoms with Gasteiger partial charge in [0.2, 0.25) is 0 Å². The van der Waals surface area contributed by atoms with Gasteiger partial charge in [0.1, 0.15) is 5.60 Å². The van der Waals surface area contributed by atoms with Gasteiger partial charge in [-0.05, 0) is 52.3 Å². The summed E-state index contributed by atoms with van der Waals surface area (Å²) >= 11 is 0. The van der Waals surface area contributed by atoms with Crippen molar-refractivity contribution in [2.24, 2.45) is 0 Å². The molecule has 0 saturated carbocycles. The zero-order valence-corrected chi connectivity index (χ0v) is 13.6. The summed E-state index contributed by atoms with van der Waals surface area (Å²) in [7, 11) is 0. The maximum absolute atomic E-state index is 12.1. The molecule has 4 nitrogen and oxygen atoms in total. The highest BCUT2D eigenvalue weighted by atomic mass is 16.6. The minimum atomic E-state index is -0.484. The van der Waals surface area contributed by atoms with Crippen LogP contribution in [0, 0.1) is 0 Å². The normalized spacial score (nSPS) is 13.9. The van der Waals surface area contributed by atoms with Crippen molar-refractivity contribution >= 4 is 11.7 Å². The predicted molar refractivity (Wildman–Crippen MR) is 86.8 cm³/mol. The Labute approximate surface area is 127 Å². The molecule has 116 valence electrons. The Bertz CT molecular complexity index is 499. The molecule has 0 aliphatic heterocycles. The van der Waals surface area contributed by atoms with Crippen molar-refractivity contribution in [3.05, 3.63) is 41.5 Å². The maximum Gasteiger partial charge on any atom is 0.335 e. The van der Waals surface area contributed by atoms with E-state index in [0.717, 1.165) is 11.3 Å². The first kappa shape index (κ1) is 17.2. The average molecular weight is 290 g/mol. The monoisotopic (exact) mass is 290 g/mol. The number of esters is 1. The van der Waals surface area contributed by atoms with Crippen LogP contribution in [0.1, 0.15) is 40.2 Å². The van der Waals surface area contributed by atoms with Gasteiger partial charge < -0.3 is 15.8 Å². The highest BCUT2D eigenvalue weighted by Crippen LogP contribution is 2.14. The lowest BCUT2D eigenvalue weighted by Gasteiger charge is -2.23. The second-order valence-electron chi connectivity index (χ2n) is 6.09. The SMILES string of the molecule is C/C=C(/C(=O)OC(C)(C)C)[C@@H](C)NCc1ccc(N)cc1. The molecule has 0 saturated heterocycles. The van der Waals surface area contributed by atoms with Crippen molar-refractivity contribution in [2.45, 2.75) is 52.8 Å². The number of nitrogen functional groups attached to an aromatic ring is 1. The zero-order valence-electron chi connectivity index (χ0n) is 13.6. The zero-order chi connectivity index (χ0) is 16.0. The van der Waals surface area contributed by atoms with Crippen molar-refractivity contribution in [2.75, 3.05) is 5.73 Å². The van der Waals surface area contributed by atoms with E-state index in [0.29, 0.717) is 12.1 Å². The lowest BCUT2D eigenvalue weighted by Crippen LogP contribution is -2.34. The fourth-order valence-electron chi connectivity index (χ4n) is 1.90. The van der Waals surface area contributed by atoms with E-state index in [1.807, 2.05) is 58.9 Å². The maximum atomic E-state index is 12.1. The van der Waals surface area contributed by atoms with E-state index in [1.54, 1.807) is 6.08 Å². The third-order valence-corrected chi connectivity index (χ3v) is 3.00. The molecule has 0 aliphatic carbocycles. The number of ether oxygens (including phenoxy) is 1. The molecule has 0 radical (unpaired) electrons. The lowest BCUT2D eigenvalue weighted by atomic mass is 10.1. The summed E-state index contributed by atoms with van der Waals surface area (Å²) in [5.74, 6) is -0.276. The molecule has 0 bridgehead atoms. The quantitative estimate of drug-likeness (QED) is 0.497. The molecule has 0 aromatic heterocycles. The standard InChI is InChI=1S/C17H26N2O2/c1-6-15(16(20)21-17(3,4)5)12(2)19-11-13-7-9-14(18)10-8-13/h6-10,12,19H,11,18H2,1-5H3/b15-6+/t12-/m1/s1. The highest BCUT2D eigenvalue weighted by molar-refractivity contribution is 5.89. The Kier molecular flexibility index (Phi) is 5.97. The summed E-state index contributed by atoms with van der Waals surface area (Å²) in [5, 5.41) is 3.33. The van der Waals surface area contributed by atoms with E-state index >= 15 is 0 Å². The van der Waals surface area contributed by atoms with Gasteiger partial charge in [-0.15, -0.1) is 0 Å². The molecule has 0 heterocycles. The predicted octanol–water partition coefficient (Wildman–Crippen LogP) is 3.03. The van der Waals surface area contributed by atoms with Crippen LogP contribution in [0.2, 0.25) is 0 Å². The van der Waals surface area contributed by atoms with Gasteiger partial charge in [0.05, 0.1) is 0 Å². The van der Waals surface area contributed by atoms with Gasteiger partial charge in [0.15, 0.2) is 0 Å². The van der Waals surface area contributed by atoms with Gasteiger partial charge in [-0.25, -0.2) is 4.79 Å². The molecule has 1 atom stereocenters.